The molecule has 0 N–H and O–H groups in total. The lowest BCUT2D eigenvalue weighted by atomic mass is 10.1. The fourth-order valence-electron chi connectivity index (χ4n) is 4.15. The fourth-order valence-corrected chi connectivity index (χ4v) is 5.71. The molecule has 9 heteroatoms. The van der Waals surface area contributed by atoms with Crippen molar-refractivity contribution < 1.29 is 17.5 Å². The molecule has 7 nitrogen and oxygen atoms in total. The largest absolute Gasteiger partial charge is 0.495 e. The monoisotopic (exact) mass is 478 g/mol. The Kier molecular flexibility index (Phi) is 5.89. The number of fused-ring (bicyclic) bond motifs is 1. The Morgan fingerprint density at radius 3 is 2.32 bits per heavy atom. The minimum atomic E-state index is -3.84. The molecule has 34 heavy (non-hydrogen) atoms. The van der Waals surface area contributed by atoms with Gasteiger partial charge in [-0.2, -0.15) is 4.31 Å². The van der Waals surface area contributed by atoms with Crippen molar-refractivity contribution in [1.82, 2.24) is 14.3 Å². The van der Waals surface area contributed by atoms with Crippen LogP contribution in [0.3, 0.4) is 0 Å². The highest BCUT2D eigenvalue weighted by atomic mass is 32.2. The number of sulfonamides is 1. The van der Waals surface area contributed by atoms with E-state index in [0.717, 1.165) is 34.4 Å². The average Bonchev–Trinajstić information content (AvgIpc) is 2.88. The molecule has 4 aromatic rings. The van der Waals surface area contributed by atoms with Crippen molar-refractivity contribution in [2.45, 2.75) is 4.90 Å². The number of hydrogen-bond acceptors (Lipinski definition) is 6. The number of methoxy groups -OCH3 is 1. The van der Waals surface area contributed by atoms with E-state index in [2.05, 4.69) is 4.90 Å². The number of ether oxygens (including phenoxy) is 1. The van der Waals surface area contributed by atoms with E-state index >= 15 is 0 Å². The number of benzene rings is 3. The van der Waals surface area contributed by atoms with Crippen LogP contribution in [0.4, 0.5) is 10.2 Å². The minimum Gasteiger partial charge on any atom is -0.495 e. The molecule has 2 heterocycles. The van der Waals surface area contributed by atoms with E-state index in [1.807, 2.05) is 54.6 Å². The first kappa shape index (κ1) is 22.2. The van der Waals surface area contributed by atoms with Gasteiger partial charge in [0.2, 0.25) is 10.0 Å². The predicted octanol–water partition coefficient (Wildman–Crippen LogP) is 3.96. The third kappa shape index (κ3) is 4.08. The Hall–Kier alpha value is -3.56. The minimum absolute atomic E-state index is 0.00303. The summed E-state index contributed by atoms with van der Waals surface area (Å²) in [5.74, 6) is 0.850. The molecule has 0 radical (unpaired) electrons. The van der Waals surface area contributed by atoms with Crippen LogP contribution in [0.15, 0.2) is 77.7 Å². The molecule has 174 valence electrons. The SMILES string of the molecule is COc1cc(F)ccc1S(=O)(=O)N1CCN(c2nc(-c3ccccc3)nc3ccccc23)CC1. The van der Waals surface area contributed by atoms with Crippen molar-refractivity contribution in [3.63, 3.8) is 0 Å². The molecule has 0 aliphatic carbocycles. The maximum atomic E-state index is 13.6. The summed E-state index contributed by atoms with van der Waals surface area (Å²) in [5, 5.41) is 0.915. The molecule has 0 spiro atoms. The van der Waals surface area contributed by atoms with E-state index in [4.69, 9.17) is 14.7 Å². The lowest BCUT2D eigenvalue weighted by molar-refractivity contribution is 0.372. The second kappa shape index (κ2) is 9.00. The van der Waals surface area contributed by atoms with Crippen molar-refractivity contribution in [1.29, 1.82) is 0 Å². The van der Waals surface area contributed by atoms with E-state index < -0.39 is 15.8 Å². The van der Waals surface area contributed by atoms with Crippen LogP contribution in [0.25, 0.3) is 22.3 Å². The highest BCUT2D eigenvalue weighted by Gasteiger charge is 2.32. The Morgan fingerprint density at radius 2 is 1.59 bits per heavy atom. The predicted molar refractivity (Wildman–Crippen MR) is 129 cm³/mol. The molecule has 1 aliphatic rings. The molecule has 1 fully saturated rings. The van der Waals surface area contributed by atoms with E-state index in [-0.39, 0.29) is 23.7 Å². The molecule has 0 amide bonds. The number of halogens is 1. The molecular formula is C25H23FN4O3S. The first-order valence-corrected chi connectivity index (χ1v) is 12.3. The van der Waals surface area contributed by atoms with E-state index in [1.54, 1.807) is 0 Å². The standard InChI is InChI=1S/C25H23FN4O3S/c1-33-22-17-19(26)11-12-23(22)34(31,32)30-15-13-29(14-16-30)25-20-9-5-6-10-21(20)27-24(28-25)18-7-3-2-4-8-18/h2-12,17H,13-16H2,1H3. The fraction of sp³-hybridized carbons (Fsp3) is 0.200. The van der Waals surface area contributed by atoms with Crippen LogP contribution in [0.5, 0.6) is 5.75 Å². The van der Waals surface area contributed by atoms with Gasteiger partial charge in [0.15, 0.2) is 5.82 Å². The molecule has 5 rings (SSSR count). The van der Waals surface area contributed by atoms with Gasteiger partial charge < -0.3 is 9.64 Å². The quantitative estimate of drug-likeness (QED) is 0.432. The van der Waals surface area contributed by atoms with Gasteiger partial charge in [-0.05, 0) is 24.3 Å². The molecule has 0 bridgehead atoms. The summed E-state index contributed by atoms with van der Waals surface area (Å²) in [6.07, 6.45) is 0. The number of nitrogens with zero attached hydrogens (tertiary/aromatic N) is 4. The molecule has 1 aliphatic heterocycles. The summed E-state index contributed by atoms with van der Waals surface area (Å²) in [6, 6.07) is 21.0. The third-order valence-corrected chi connectivity index (χ3v) is 7.83. The van der Waals surface area contributed by atoms with Gasteiger partial charge in [-0.15, -0.1) is 0 Å². The summed E-state index contributed by atoms with van der Waals surface area (Å²) >= 11 is 0. The average molecular weight is 479 g/mol. The summed E-state index contributed by atoms with van der Waals surface area (Å²) in [6.45, 7) is 1.44. The summed E-state index contributed by atoms with van der Waals surface area (Å²) < 4.78 is 46.6. The van der Waals surface area contributed by atoms with Crippen molar-refractivity contribution in [3.05, 3.63) is 78.6 Å². The first-order valence-electron chi connectivity index (χ1n) is 10.9. The zero-order chi connectivity index (χ0) is 23.7. The van der Waals surface area contributed by atoms with Gasteiger partial charge in [-0.25, -0.2) is 22.8 Å². The van der Waals surface area contributed by atoms with Crippen LogP contribution in [-0.2, 0) is 10.0 Å². The lowest BCUT2D eigenvalue weighted by Gasteiger charge is -2.35. The van der Waals surface area contributed by atoms with Crippen molar-refractivity contribution in [2.24, 2.45) is 0 Å². The number of piperazine rings is 1. The number of rotatable bonds is 5. The van der Waals surface area contributed by atoms with Gasteiger partial charge in [-0.3, -0.25) is 0 Å². The Bertz CT molecular complexity index is 1440. The molecule has 1 aromatic heterocycles. The second-order valence-electron chi connectivity index (χ2n) is 7.94. The van der Waals surface area contributed by atoms with Gasteiger partial charge in [-0.1, -0.05) is 42.5 Å². The van der Waals surface area contributed by atoms with Crippen LogP contribution in [-0.4, -0.2) is 56.0 Å². The van der Waals surface area contributed by atoms with Gasteiger partial charge in [0.1, 0.15) is 22.3 Å². The van der Waals surface area contributed by atoms with Gasteiger partial charge in [0, 0.05) is 43.2 Å². The van der Waals surface area contributed by atoms with Crippen LogP contribution in [0.1, 0.15) is 0 Å². The lowest BCUT2D eigenvalue weighted by Crippen LogP contribution is -2.49. The normalized spacial score (nSPS) is 14.9. The second-order valence-corrected chi connectivity index (χ2v) is 9.85. The Labute approximate surface area is 197 Å². The highest BCUT2D eigenvalue weighted by molar-refractivity contribution is 7.89. The molecule has 0 unspecified atom stereocenters. The topological polar surface area (TPSA) is 75.6 Å². The van der Waals surface area contributed by atoms with Crippen LogP contribution >= 0.6 is 0 Å². The van der Waals surface area contributed by atoms with Crippen molar-refractivity contribution in [2.75, 3.05) is 38.2 Å². The number of aromatic nitrogens is 2. The van der Waals surface area contributed by atoms with Gasteiger partial charge in [0.25, 0.3) is 0 Å². The van der Waals surface area contributed by atoms with Crippen LogP contribution < -0.4 is 9.64 Å². The molecular weight excluding hydrogens is 455 g/mol. The zero-order valence-electron chi connectivity index (χ0n) is 18.6. The molecule has 0 saturated carbocycles. The van der Waals surface area contributed by atoms with E-state index in [1.165, 1.54) is 17.5 Å². The van der Waals surface area contributed by atoms with Crippen LogP contribution in [0.2, 0.25) is 0 Å². The molecule has 3 aromatic carbocycles. The maximum Gasteiger partial charge on any atom is 0.246 e. The van der Waals surface area contributed by atoms with Gasteiger partial charge in [0.05, 0.1) is 12.6 Å². The van der Waals surface area contributed by atoms with Crippen LogP contribution in [0, 0.1) is 5.82 Å². The Morgan fingerprint density at radius 1 is 0.882 bits per heavy atom. The number of hydrogen-bond donors (Lipinski definition) is 0. The molecule has 0 atom stereocenters. The Balaban J connectivity index is 1.45. The van der Waals surface area contributed by atoms with E-state index in [0.29, 0.717) is 18.9 Å². The highest BCUT2D eigenvalue weighted by Crippen LogP contribution is 2.31. The first-order chi connectivity index (χ1) is 16.5. The third-order valence-electron chi connectivity index (χ3n) is 5.90. The van der Waals surface area contributed by atoms with Crippen molar-refractivity contribution in [3.8, 4) is 17.1 Å². The zero-order valence-corrected chi connectivity index (χ0v) is 19.4. The smallest absolute Gasteiger partial charge is 0.246 e. The summed E-state index contributed by atoms with van der Waals surface area (Å²) in [7, 11) is -2.51. The summed E-state index contributed by atoms with van der Waals surface area (Å²) in [5.41, 5.74) is 1.75. The van der Waals surface area contributed by atoms with Gasteiger partial charge >= 0.3 is 0 Å². The maximum absolute atomic E-state index is 13.6. The number of para-hydroxylation sites is 1. The van der Waals surface area contributed by atoms with Crippen molar-refractivity contribution >= 4 is 26.7 Å². The molecule has 1 saturated heterocycles. The van der Waals surface area contributed by atoms with E-state index in [9.17, 15) is 12.8 Å². The number of anilines is 1. The summed E-state index contributed by atoms with van der Waals surface area (Å²) in [4.78, 5) is 11.6.